The van der Waals surface area contributed by atoms with E-state index >= 15 is 0 Å². The van der Waals surface area contributed by atoms with E-state index in [9.17, 15) is 24.3 Å². The summed E-state index contributed by atoms with van der Waals surface area (Å²) in [7, 11) is 0. The molecule has 0 aromatic heterocycles. The van der Waals surface area contributed by atoms with Crippen molar-refractivity contribution in [1.82, 2.24) is 16.0 Å². The van der Waals surface area contributed by atoms with Gasteiger partial charge in [-0.25, -0.2) is 9.59 Å². The third-order valence-corrected chi connectivity index (χ3v) is 9.45. The molecule has 0 spiro atoms. The van der Waals surface area contributed by atoms with Gasteiger partial charge in [-0.1, -0.05) is 140 Å². The van der Waals surface area contributed by atoms with Crippen molar-refractivity contribution in [3.8, 4) is 11.1 Å². The number of carbonyl (C=O) groups excluding carboxylic acids is 3. The lowest BCUT2D eigenvalue weighted by atomic mass is 9.77. The van der Waals surface area contributed by atoms with Gasteiger partial charge >= 0.3 is 12.1 Å². The van der Waals surface area contributed by atoms with Crippen LogP contribution in [0.15, 0.2) is 140 Å². The molecule has 5 aromatic rings. The highest BCUT2D eigenvalue weighted by molar-refractivity contribution is 7.80. The normalized spacial score (nSPS) is 13.2. The van der Waals surface area contributed by atoms with Crippen LogP contribution in [0.1, 0.15) is 40.2 Å². The first-order valence-corrected chi connectivity index (χ1v) is 17.2. The number of thiol groups is 1. The van der Waals surface area contributed by atoms with Gasteiger partial charge in [0.1, 0.15) is 24.2 Å². The molecule has 0 unspecified atom stereocenters. The molecule has 2 atom stereocenters. The van der Waals surface area contributed by atoms with Gasteiger partial charge in [-0.15, -0.1) is 0 Å². The van der Waals surface area contributed by atoms with Crippen molar-refractivity contribution in [2.24, 2.45) is 0 Å². The number of fused-ring (bicyclic) bond motifs is 3. The third kappa shape index (κ3) is 7.51. The maximum atomic E-state index is 14.2. The fourth-order valence-electron chi connectivity index (χ4n) is 6.68. The Balaban J connectivity index is 1.27. The minimum absolute atomic E-state index is 0.0199. The molecule has 10 heteroatoms. The summed E-state index contributed by atoms with van der Waals surface area (Å²) >= 11 is 4.06. The summed E-state index contributed by atoms with van der Waals surface area (Å²) in [5.41, 5.74) is 5.25. The molecule has 0 bridgehead atoms. The van der Waals surface area contributed by atoms with Gasteiger partial charge in [-0.05, 0) is 38.9 Å². The largest absolute Gasteiger partial charge is 0.480 e. The smallest absolute Gasteiger partial charge is 0.407 e. The summed E-state index contributed by atoms with van der Waals surface area (Å²) < 4.78 is 5.70. The Labute approximate surface area is 301 Å². The Hall–Kier alpha value is -5.87. The first-order chi connectivity index (χ1) is 24.8. The summed E-state index contributed by atoms with van der Waals surface area (Å²) in [5, 5.41) is 17.7. The number of hydrogen-bond acceptors (Lipinski definition) is 6. The SMILES string of the molecule is O=C(C[C@H](NC(=O)OCC1c2ccccc2-c2ccccc21)C(=O)N[C@@H](CS)C(=O)O)NC(c1ccccc1)(c1ccccc1)c1ccccc1. The van der Waals surface area contributed by atoms with Crippen molar-refractivity contribution in [3.63, 3.8) is 0 Å². The second-order valence-electron chi connectivity index (χ2n) is 12.2. The van der Waals surface area contributed by atoms with Gasteiger partial charge in [0.05, 0.1) is 6.42 Å². The molecule has 0 heterocycles. The topological polar surface area (TPSA) is 134 Å². The lowest BCUT2D eigenvalue weighted by molar-refractivity contribution is -0.141. The Morgan fingerprint density at radius 3 is 1.55 bits per heavy atom. The number of alkyl carbamates (subject to hydrolysis) is 1. The molecule has 3 amide bonds. The van der Waals surface area contributed by atoms with Gasteiger partial charge in [-0.3, -0.25) is 9.59 Å². The zero-order valence-corrected chi connectivity index (χ0v) is 28.5. The second kappa shape index (κ2) is 15.8. The number of carbonyl (C=O) groups is 4. The standard InChI is InChI=1S/C41H37N3O6S/c45-37(44-41(27-14-4-1-5-15-27,28-16-6-2-7-17-28)29-18-8-3-9-19-29)24-35(38(46)42-36(26-51)39(47)48)43-40(49)50-25-34-32-22-12-10-20-30(32)31-21-11-13-23-33(31)34/h1-23,34-36,51H,24-26H2,(H,42,46)(H,43,49)(H,44,45)(H,47,48)/t35-,36-/m0/s1. The van der Waals surface area contributed by atoms with E-state index in [0.29, 0.717) is 0 Å². The molecule has 4 N–H and O–H groups in total. The second-order valence-corrected chi connectivity index (χ2v) is 12.6. The van der Waals surface area contributed by atoms with Crippen molar-refractivity contribution in [2.45, 2.75) is 30.0 Å². The summed E-state index contributed by atoms with van der Waals surface area (Å²) in [6.07, 6.45) is -1.45. The van der Waals surface area contributed by atoms with E-state index in [1.807, 2.05) is 140 Å². The van der Waals surface area contributed by atoms with E-state index in [1.165, 1.54) is 0 Å². The number of amides is 3. The summed E-state index contributed by atoms with van der Waals surface area (Å²) in [6, 6.07) is 41.3. The number of ether oxygens (including phenoxy) is 1. The van der Waals surface area contributed by atoms with Crippen LogP contribution in [0.2, 0.25) is 0 Å². The van der Waals surface area contributed by atoms with Gasteiger partial charge in [-0.2, -0.15) is 12.6 Å². The molecule has 0 fully saturated rings. The molecule has 0 radical (unpaired) electrons. The molecule has 0 saturated heterocycles. The highest BCUT2D eigenvalue weighted by Gasteiger charge is 2.39. The molecular weight excluding hydrogens is 663 g/mol. The quantitative estimate of drug-likeness (QED) is 0.0769. The van der Waals surface area contributed by atoms with Gasteiger partial charge in [0.15, 0.2) is 0 Å². The average Bonchev–Trinajstić information content (AvgIpc) is 3.49. The monoisotopic (exact) mass is 699 g/mol. The minimum Gasteiger partial charge on any atom is -0.480 e. The zero-order valence-electron chi connectivity index (χ0n) is 27.6. The summed E-state index contributed by atoms with van der Waals surface area (Å²) in [6.45, 7) is -0.0199. The Bertz CT molecular complexity index is 1870. The van der Waals surface area contributed by atoms with E-state index < -0.39 is 47.9 Å². The van der Waals surface area contributed by atoms with E-state index in [1.54, 1.807) is 0 Å². The number of nitrogens with one attached hydrogen (secondary N) is 3. The fraction of sp³-hybridized carbons (Fsp3) is 0.171. The van der Waals surface area contributed by atoms with Gasteiger partial charge in [0, 0.05) is 11.7 Å². The molecule has 51 heavy (non-hydrogen) atoms. The van der Waals surface area contributed by atoms with Crippen LogP contribution in [0.25, 0.3) is 11.1 Å². The van der Waals surface area contributed by atoms with Crippen molar-refractivity contribution >= 4 is 36.5 Å². The van der Waals surface area contributed by atoms with Gasteiger partial charge in [0.25, 0.3) is 0 Å². The molecule has 6 rings (SSSR count). The molecule has 1 aliphatic carbocycles. The number of benzene rings is 5. The molecular formula is C41H37N3O6S. The van der Waals surface area contributed by atoms with Crippen LogP contribution < -0.4 is 16.0 Å². The van der Waals surface area contributed by atoms with Crippen LogP contribution in [-0.4, -0.2) is 53.4 Å². The van der Waals surface area contributed by atoms with E-state index in [2.05, 4.69) is 28.6 Å². The lowest BCUT2D eigenvalue weighted by Gasteiger charge is -2.37. The first-order valence-electron chi connectivity index (χ1n) is 16.5. The number of aliphatic carboxylic acids is 1. The van der Waals surface area contributed by atoms with Crippen molar-refractivity contribution in [3.05, 3.63) is 167 Å². The number of carboxylic acids is 1. The molecule has 258 valence electrons. The van der Waals surface area contributed by atoms with E-state index in [4.69, 9.17) is 4.74 Å². The van der Waals surface area contributed by atoms with Crippen molar-refractivity contribution in [2.75, 3.05) is 12.4 Å². The molecule has 1 aliphatic rings. The first kappa shape index (κ1) is 35.0. The molecule has 9 nitrogen and oxygen atoms in total. The van der Waals surface area contributed by atoms with Crippen LogP contribution in [0.5, 0.6) is 0 Å². The lowest BCUT2D eigenvalue weighted by Crippen LogP contribution is -2.55. The highest BCUT2D eigenvalue weighted by atomic mass is 32.1. The van der Waals surface area contributed by atoms with Gasteiger partial charge in [0.2, 0.25) is 11.8 Å². The molecule has 0 aliphatic heterocycles. The maximum absolute atomic E-state index is 14.2. The predicted octanol–water partition coefficient (Wildman–Crippen LogP) is 5.89. The van der Waals surface area contributed by atoms with Gasteiger partial charge < -0.3 is 25.8 Å². The van der Waals surface area contributed by atoms with Crippen LogP contribution in [0.4, 0.5) is 4.79 Å². The van der Waals surface area contributed by atoms with Crippen LogP contribution in [0, 0.1) is 0 Å². The molecule has 0 saturated carbocycles. The Morgan fingerprint density at radius 2 is 1.10 bits per heavy atom. The van der Waals surface area contributed by atoms with Crippen LogP contribution >= 0.6 is 12.6 Å². The fourth-order valence-corrected chi connectivity index (χ4v) is 6.92. The molecule has 5 aromatic carbocycles. The highest BCUT2D eigenvalue weighted by Crippen LogP contribution is 2.44. The number of hydrogen-bond donors (Lipinski definition) is 5. The maximum Gasteiger partial charge on any atom is 0.407 e. The van der Waals surface area contributed by atoms with Crippen molar-refractivity contribution in [1.29, 1.82) is 0 Å². The minimum atomic E-state index is -1.48. The third-order valence-electron chi connectivity index (χ3n) is 9.09. The summed E-state index contributed by atoms with van der Waals surface area (Å²) in [4.78, 5) is 53.0. The Kier molecular flexibility index (Phi) is 10.8. The zero-order chi connectivity index (χ0) is 35.8. The van der Waals surface area contributed by atoms with E-state index in [0.717, 1.165) is 38.9 Å². The summed E-state index contributed by atoms with van der Waals surface area (Å²) in [5.74, 6) is -3.20. The number of carboxylic acid groups (broad SMARTS) is 1. The predicted molar refractivity (Wildman–Crippen MR) is 197 cm³/mol. The van der Waals surface area contributed by atoms with Crippen molar-refractivity contribution < 1.29 is 29.0 Å². The Morgan fingerprint density at radius 1 is 0.647 bits per heavy atom. The van der Waals surface area contributed by atoms with Crippen LogP contribution in [-0.2, 0) is 24.7 Å². The van der Waals surface area contributed by atoms with E-state index in [-0.39, 0.29) is 18.3 Å². The van der Waals surface area contributed by atoms with Crippen LogP contribution in [0.3, 0.4) is 0 Å². The number of rotatable bonds is 13. The average molecular weight is 700 g/mol.